The molecule has 2 rings (SSSR count). The first-order valence-electron chi connectivity index (χ1n) is 7.21. The third-order valence-electron chi connectivity index (χ3n) is 3.24. The third kappa shape index (κ3) is 4.32. The first-order chi connectivity index (χ1) is 10.9. The number of esters is 1. The number of anilines is 1. The van der Waals surface area contributed by atoms with Gasteiger partial charge in [-0.2, -0.15) is 0 Å². The Hall–Kier alpha value is -2.34. The number of carbonyl (C=O) groups excluding carboxylic acids is 1. The Morgan fingerprint density at radius 1 is 1.04 bits per heavy atom. The predicted octanol–water partition coefficient (Wildman–Crippen LogP) is 2.83. The summed E-state index contributed by atoms with van der Waals surface area (Å²) in [6.07, 6.45) is 1.12. The molecule has 0 aliphatic rings. The number of hydrogen-bond acceptors (Lipinski definition) is 4. The highest BCUT2D eigenvalue weighted by Crippen LogP contribution is 2.25. The standard InChI is InChI=1S/C17H19NO4S/c1-3-22-17(19)15-11-7-8-12-16(15)18(23(2,20)21)13-14-9-5-4-6-10-14/h4-12H,3,13H2,1-2H3. The zero-order valence-electron chi connectivity index (χ0n) is 13.1. The van der Waals surface area contributed by atoms with E-state index < -0.39 is 16.0 Å². The molecule has 0 spiro atoms. The Morgan fingerprint density at radius 3 is 2.26 bits per heavy atom. The van der Waals surface area contributed by atoms with Crippen molar-refractivity contribution in [1.29, 1.82) is 0 Å². The molecule has 0 unspecified atom stereocenters. The lowest BCUT2D eigenvalue weighted by atomic mass is 10.1. The highest BCUT2D eigenvalue weighted by Gasteiger charge is 2.23. The minimum Gasteiger partial charge on any atom is -0.462 e. The van der Waals surface area contributed by atoms with Gasteiger partial charge in [-0.25, -0.2) is 13.2 Å². The first-order valence-corrected chi connectivity index (χ1v) is 9.06. The smallest absolute Gasteiger partial charge is 0.340 e. The van der Waals surface area contributed by atoms with Gasteiger partial charge in [-0.1, -0.05) is 42.5 Å². The second kappa shape index (κ2) is 7.28. The molecule has 0 aromatic heterocycles. The van der Waals surface area contributed by atoms with Crippen molar-refractivity contribution in [2.45, 2.75) is 13.5 Å². The monoisotopic (exact) mass is 333 g/mol. The number of hydrogen-bond donors (Lipinski definition) is 0. The number of carbonyl (C=O) groups is 1. The molecular weight excluding hydrogens is 314 g/mol. The van der Waals surface area contributed by atoms with Crippen molar-refractivity contribution >= 4 is 21.7 Å². The van der Waals surface area contributed by atoms with Crippen LogP contribution in [0.4, 0.5) is 5.69 Å². The van der Waals surface area contributed by atoms with E-state index in [1.165, 1.54) is 4.31 Å². The van der Waals surface area contributed by atoms with Gasteiger partial charge in [-0.15, -0.1) is 0 Å². The Balaban J connectivity index is 2.47. The SMILES string of the molecule is CCOC(=O)c1ccccc1N(Cc1ccccc1)S(C)(=O)=O. The minimum absolute atomic E-state index is 0.149. The van der Waals surface area contributed by atoms with E-state index in [9.17, 15) is 13.2 Å². The quantitative estimate of drug-likeness (QED) is 0.763. The Bertz CT molecular complexity index is 772. The largest absolute Gasteiger partial charge is 0.462 e. The highest BCUT2D eigenvalue weighted by molar-refractivity contribution is 7.92. The Labute approximate surface area is 136 Å². The van der Waals surface area contributed by atoms with Gasteiger partial charge in [-0.3, -0.25) is 4.31 Å². The number of rotatable bonds is 6. The maximum absolute atomic E-state index is 12.2. The summed E-state index contributed by atoms with van der Waals surface area (Å²) >= 11 is 0. The molecular formula is C17H19NO4S. The average molecular weight is 333 g/mol. The van der Waals surface area contributed by atoms with Crippen LogP contribution < -0.4 is 4.31 Å². The second-order valence-electron chi connectivity index (χ2n) is 4.99. The van der Waals surface area contributed by atoms with E-state index in [0.717, 1.165) is 11.8 Å². The van der Waals surface area contributed by atoms with E-state index >= 15 is 0 Å². The number of benzene rings is 2. The van der Waals surface area contributed by atoms with E-state index in [2.05, 4.69) is 0 Å². The van der Waals surface area contributed by atoms with Gasteiger partial charge < -0.3 is 4.74 Å². The summed E-state index contributed by atoms with van der Waals surface area (Å²) in [5, 5.41) is 0. The maximum Gasteiger partial charge on any atom is 0.340 e. The zero-order chi connectivity index (χ0) is 16.9. The Kier molecular flexibility index (Phi) is 5.39. The van der Waals surface area contributed by atoms with Crippen LogP contribution in [0.2, 0.25) is 0 Å². The fourth-order valence-corrected chi connectivity index (χ4v) is 3.10. The van der Waals surface area contributed by atoms with Crippen LogP contribution in [-0.4, -0.2) is 27.2 Å². The van der Waals surface area contributed by atoms with E-state index in [0.29, 0.717) is 5.69 Å². The summed E-state index contributed by atoms with van der Waals surface area (Å²) in [5.41, 5.74) is 1.38. The van der Waals surface area contributed by atoms with Crippen LogP contribution in [0.5, 0.6) is 0 Å². The molecule has 0 radical (unpaired) electrons. The van der Waals surface area contributed by atoms with Crippen molar-refractivity contribution < 1.29 is 17.9 Å². The summed E-state index contributed by atoms with van der Waals surface area (Å²) in [7, 11) is -3.56. The number of ether oxygens (including phenoxy) is 1. The molecule has 0 saturated carbocycles. The fourth-order valence-electron chi connectivity index (χ4n) is 2.20. The molecule has 0 atom stereocenters. The second-order valence-corrected chi connectivity index (χ2v) is 6.90. The molecule has 0 aliphatic carbocycles. The van der Waals surface area contributed by atoms with Crippen LogP contribution >= 0.6 is 0 Å². The molecule has 2 aromatic carbocycles. The minimum atomic E-state index is -3.56. The lowest BCUT2D eigenvalue weighted by molar-refractivity contribution is 0.0527. The molecule has 0 aliphatic heterocycles. The summed E-state index contributed by atoms with van der Waals surface area (Å²) in [5.74, 6) is -0.537. The number of nitrogens with zero attached hydrogens (tertiary/aromatic N) is 1. The number of para-hydroxylation sites is 1. The molecule has 2 aromatic rings. The molecule has 0 heterocycles. The average Bonchev–Trinajstić information content (AvgIpc) is 2.53. The van der Waals surface area contributed by atoms with E-state index in [-0.39, 0.29) is 18.7 Å². The van der Waals surface area contributed by atoms with E-state index in [4.69, 9.17) is 4.74 Å². The van der Waals surface area contributed by atoms with Crippen LogP contribution in [0.1, 0.15) is 22.8 Å². The molecule has 6 heteroatoms. The molecule has 0 N–H and O–H groups in total. The first kappa shape index (κ1) is 17.0. The van der Waals surface area contributed by atoms with Gasteiger partial charge in [0, 0.05) is 0 Å². The summed E-state index contributed by atoms with van der Waals surface area (Å²) < 4.78 is 30.7. The highest BCUT2D eigenvalue weighted by atomic mass is 32.2. The van der Waals surface area contributed by atoms with Gasteiger partial charge in [0.25, 0.3) is 0 Å². The van der Waals surface area contributed by atoms with Crippen molar-refractivity contribution in [2.75, 3.05) is 17.2 Å². The molecule has 23 heavy (non-hydrogen) atoms. The molecule has 0 bridgehead atoms. The van der Waals surface area contributed by atoms with Gasteiger partial charge in [0.05, 0.1) is 30.7 Å². The molecule has 0 amide bonds. The van der Waals surface area contributed by atoms with Gasteiger partial charge >= 0.3 is 5.97 Å². The normalized spacial score (nSPS) is 11.0. The van der Waals surface area contributed by atoms with Gasteiger partial charge in [0.15, 0.2) is 0 Å². The van der Waals surface area contributed by atoms with E-state index in [1.54, 1.807) is 31.2 Å². The van der Waals surface area contributed by atoms with Crippen LogP contribution in [0.15, 0.2) is 54.6 Å². The number of sulfonamides is 1. The maximum atomic E-state index is 12.2. The fraction of sp³-hybridized carbons (Fsp3) is 0.235. The van der Waals surface area contributed by atoms with E-state index in [1.807, 2.05) is 30.3 Å². The van der Waals surface area contributed by atoms with Crippen LogP contribution in [-0.2, 0) is 21.3 Å². The topological polar surface area (TPSA) is 63.7 Å². The predicted molar refractivity (Wildman–Crippen MR) is 89.9 cm³/mol. The third-order valence-corrected chi connectivity index (χ3v) is 4.36. The molecule has 122 valence electrons. The summed E-state index contributed by atoms with van der Waals surface area (Å²) in [6, 6.07) is 15.8. The van der Waals surface area contributed by atoms with Crippen LogP contribution in [0.25, 0.3) is 0 Å². The molecule has 0 fully saturated rings. The molecule has 0 saturated heterocycles. The van der Waals surface area contributed by atoms with Crippen molar-refractivity contribution in [3.05, 3.63) is 65.7 Å². The van der Waals surface area contributed by atoms with Gasteiger partial charge in [0.1, 0.15) is 0 Å². The van der Waals surface area contributed by atoms with Gasteiger partial charge in [-0.05, 0) is 24.6 Å². The van der Waals surface area contributed by atoms with Crippen molar-refractivity contribution in [3.63, 3.8) is 0 Å². The summed E-state index contributed by atoms with van der Waals surface area (Å²) in [6.45, 7) is 2.08. The van der Waals surface area contributed by atoms with Crippen LogP contribution in [0, 0.1) is 0 Å². The summed E-state index contributed by atoms with van der Waals surface area (Å²) in [4.78, 5) is 12.1. The van der Waals surface area contributed by atoms with Crippen molar-refractivity contribution in [2.24, 2.45) is 0 Å². The van der Waals surface area contributed by atoms with Crippen molar-refractivity contribution in [1.82, 2.24) is 0 Å². The Morgan fingerprint density at radius 2 is 1.65 bits per heavy atom. The van der Waals surface area contributed by atoms with Crippen molar-refractivity contribution in [3.8, 4) is 0 Å². The lowest BCUT2D eigenvalue weighted by Gasteiger charge is -2.24. The zero-order valence-corrected chi connectivity index (χ0v) is 13.9. The van der Waals surface area contributed by atoms with Gasteiger partial charge in [0.2, 0.25) is 10.0 Å². The molecule has 5 nitrogen and oxygen atoms in total. The lowest BCUT2D eigenvalue weighted by Crippen LogP contribution is -2.31. The van der Waals surface area contributed by atoms with Crippen LogP contribution in [0.3, 0.4) is 0 Å².